The van der Waals surface area contributed by atoms with Crippen LogP contribution >= 0.6 is 0 Å². The van der Waals surface area contributed by atoms with Gasteiger partial charge in [0, 0.05) is 12.5 Å². The Hall–Kier alpha value is -1.06. The van der Waals surface area contributed by atoms with Gasteiger partial charge in [0.05, 0.1) is 5.41 Å². The van der Waals surface area contributed by atoms with E-state index in [2.05, 4.69) is 5.32 Å². The van der Waals surface area contributed by atoms with E-state index in [4.69, 9.17) is 0 Å². The van der Waals surface area contributed by atoms with E-state index in [0.29, 0.717) is 19.4 Å². The van der Waals surface area contributed by atoms with Crippen molar-refractivity contribution in [3.63, 3.8) is 0 Å². The molecule has 2 N–H and O–H groups in total. The van der Waals surface area contributed by atoms with Crippen molar-refractivity contribution in [2.45, 2.75) is 64.2 Å². The normalized spacial score (nSPS) is 23.8. The molecule has 0 aromatic heterocycles. The molecule has 2 aliphatic carbocycles. The van der Waals surface area contributed by atoms with Crippen LogP contribution in [0.15, 0.2) is 0 Å². The number of aliphatic carboxylic acids is 1. The SMILES string of the molecule is O=C(NCC1(C(=O)O)CCC1)C1CCCCCCC1. The van der Waals surface area contributed by atoms with Crippen LogP contribution < -0.4 is 5.32 Å². The van der Waals surface area contributed by atoms with Gasteiger partial charge in [-0.1, -0.05) is 38.5 Å². The van der Waals surface area contributed by atoms with Gasteiger partial charge in [-0.3, -0.25) is 9.59 Å². The van der Waals surface area contributed by atoms with Crippen molar-refractivity contribution in [1.82, 2.24) is 5.32 Å². The summed E-state index contributed by atoms with van der Waals surface area (Å²) in [5.41, 5.74) is -0.669. The first-order chi connectivity index (χ1) is 9.14. The molecule has 1 amide bonds. The van der Waals surface area contributed by atoms with Gasteiger partial charge in [0.2, 0.25) is 5.91 Å². The van der Waals surface area contributed by atoms with Gasteiger partial charge in [0.25, 0.3) is 0 Å². The predicted molar refractivity (Wildman–Crippen MR) is 72.7 cm³/mol. The number of carbonyl (C=O) groups is 2. The van der Waals surface area contributed by atoms with Crippen LogP contribution in [0.3, 0.4) is 0 Å². The lowest BCUT2D eigenvalue weighted by atomic mass is 9.68. The number of carboxylic acids is 1. The minimum absolute atomic E-state index is 0.0782. The monoisotopic (exact) mass is 267 g/mol. The molecule has 0 aliphatic heterocycles. The number of carbonyl (C=O) groups excluding carboxylic acids is 1. The fourth-order valence-electron chi connectivity index (χ4n) is 3.19. The number of hydrogen-bond acceptors (Lipinski definition) is 2. The van der Waals surface area contributed by atoms with Crippen LogP contribution in [0.5, 0.6) is 0 Å². The Balaban J connectivity index is 1.81. The van der Waals surface area contributed by atoms with Gasteiger partial charge in [-0.05, 0) is 25.7 Å². The highest BCUT2D eigenvalue weighted by atomic mass is 16.4. The fourth-order valence-corrected chi connectivity index (χ4v) is 3.19. The van der Waals surface area contributed by atoms with Crippen LogP contribution in [0.25, 0.3) is 0 Å². The highest BCUT2D eigenvalue weighted by Crippen LogP contribution is 2.40. The highest BCUT2D eigenvalue weighted by Gasteiger charge is 2.44. The average Bonchev–Trinajstić information content (AvgIpc) is 2.26. The third-order valence-electron chi connectivity index (χ3n) is 4.84. The van der Waals surface area contributed by atoms with Crippen LogP contribution in [0.1, 0.15) is 64.2 Å². The second kappa shape index (κ2) is 6.40. The quantitative estimate of drug-likeness (QED) is 0.823. The molecule has 0 heterocycles. The van der Waals surface area contributed by atoms with Crippen LogP contribution in [-0.4, -0.2) is 23.5 Å². The van der Waals surface area contributed by atoms with E-state index in [-0.39, 0.29) is 11.8 Å². The number of nitrogens with one attached hydrogen (secondary N) is 1. The third-order valence-corrected chi connectivity index (χ3v) is 4.84. The summed E-state index contributed by atoms with van der Waals surface area (Å²) in [5, 5.41) is 12.1. The molecule has 0 spiro atoms. The average molecular weight is 267 g/mol. The standard InChI is InChI=1S/C15H25NO3/c17-13(12-7-4-2-1-3-5-8-12)16-11-15(14(18)19)9-6-10-15/h12H,1-11H2,(H,16,17)(H,18,19). The van der Waals surface area contributed by atoms with Crippen molar-refractivity contribution in [3.8, 4) is 0 Å². The zero-order valence-electron chi connectivity index (χ0n) is 11.6. The van der Waals surface area contributed by atoms with Crippen molar-refractivity contribution >= 4 is 11.9 Å². The maximum absolute atomic E-state index is 12.2. The lowest BCUT2D eigenvalue weighted by Gasteiger charge is -2.38. The molecule has 19 heavy (non-hydrogen) atoms. The fraction of sp³-hybridized carbons (Fsp3) is 0.867. The molecule has 2 aliphatic rings. The summed E-state index contributed by atoms with van der Waals surface area (Å²) in [4.78, 5) is 23.4. The van der Waals surface area contributed by atoms with Gasteiger partial charge in [-0.2, -0.15) is 0 Å². The molecule has 0 atom stereocenters. The van der Waals surface area contributed by atoms with Gasteiger partial charge in [0.15, 0.2) is 0 Å². The van der Waals surface area contributed by atoms with Gasteiger partial charge in [0.1, 0.15) is 0 Å². The summed E-state index contributed by atoms with van der Waals surface area (Å²) < 4.78 is 0. The van der Waals surface area contributed by atoms with E-state index in [1.165, 1.54) is 19.3 Å². The molecular weight excluding hydrogens is 242 g/mol. The van der Waals surface area contributed by atoms with Crippen LogP contribution in [0.4, 0.5) is 0 Å². The van der Waals surface area contributed by atoms with E-state index >= 15 is 0 Å². The minimum atomic E-state index is -0.753. The van der Waals surface area contributed by atoms with Crippen LogP contribution in [-0.2, 0) is 9.59 Å². The van der Waals surface area contributed by atoms with E-state index in [1.807, 2.05) is 0 Å². The Morgan fingerprint density at radius 3 is 2.05 bits per heavy atom. The molecular formula is C15H25NO3. The largest absolute Gasteiger partial charge is 0.481 e. The Morgan fingerprint density at radius 1 is 1.00 bits per heavy atom. The van der Waals surface area contributed by atoms with Crippen LogP contribution in [0, 0.1) is 11.3 Å². The van der Waals surface area contributed by atoms with Gasteiger partial charge in [-0.25, -0.2) is 0 Å². The van der Waals surface area contributed by atoms with Crippen molar-refractivity contribution < 1.29 is 14.7 Å². The van der Waals surface area contributed by atoms with Crippen molar-refractivity contribution in [3.05, 3.63) is 0 Å². The van der Waals surface area contributed by atoms with Crippen molar-refractivity contribution in [2.24, 2.45) is 11.3 Å². The number of rotatable bonds is 4. The Morgan fingerprint density at radius 2 is 1.58 bits per heavy atom. The molecule has 0 saturated heterocycles. The molecule has 0 bridgehead atoms. The Kier molecular flexibility index (Phi) is 4.83. The summed E-state index contributed by atoms with van der Waals surface area (Å²) in [5.74, 6) is -0.572. The lowest BCUT2D eigenvalue weighted by molar-refractivity contribution is -0.154. The first-order valence-electron chi connectivity index (χ1n) is 7.65. The Labute approximate surface area is 115 Å². The van der Waals surface area contributed by atoms with Gasteiger partial charge in [-0.15, -0.1) is 0 Å². The molecule has 4 nitrogen and oxygen atoms in total. The van der Waals surface area contributed by atoms with Crippen molar-refractivity contribution in [1.29, 1.82) is 0 Å². The third kappa shape index (κ3) is 3.48. The second-order valence-electron chi connectivity index (χ2n) is 6.20. The molecule has 108 valence electrons. The van der Waals surface area contributed by atoms with E-state index in [1.54, 1.807) is 0 Å². The molecule has 2 saturated carbocycles. The van der Waals surface area contributed by atoms with Crippen LogP contribution in [0.2, 0.25) is 0 Å². The van der Waals surface area contributed by atoms with E-state index in [9.17, 15) is 14.7 Å². The molecule has 2 fully saturated rings. The lowest BCUT2D eigenvalue weighted by Crippen LogP contribution is -2.48. The van der Waals surface area contributed by atoms with E-state index < -0.39 is 11.4 Å². The number of hydrogen-bond donors (Lipinski definition) is 2. The zero-order chi connectivity index (χ0) is 13.7. The summed E-state index contributed by atoms with van der Waals surface area (Å²) in [6.45, 7) is 0.317. The number of amides is 1. The molecule has 2 rings (SSSR count). The highest BCUT2D eigenvalue weighted by molar-refractivity contribution is 5.81. The van der Waals surface area contributed by atoms with Gasteiger partial charge >= 0.3 is 5.97 Å². The first-order valence-corrected chi connectivity index (χ1v) is 7.65. The summed E-state index contributed by atoms with van der Waals surface area (Å²) in [6, 6.07) is 0. The topological polar surface area (TPSA) is 66.4 Å². The molecule has 0 aromatic carbocycles. The van der Waals surface area contributed by atoms with Crippen molar-refractivity contribution in [2.75, 3.05) is 6.54 Å². The maximum atomic E-state index is 12.2. The minimum Gasteiger partial charge on any atom is -0.481 e. The Bertz CT molecular complexity index is 328. The molecule has 0 aromatic rings. The molecule has 0 unspecified atom stereocenters. The summed E-state index contributed by atoms with van der Waals surface area (Å²) in [6.07, 6.45) is 10.3. The zero-order valence-corrected chi connectivity index (χ0v) is 11.6. The second-order valence-corrected chi connectivity index (χ2v) is 6.20. The summed E-state index contributed by atoms with van der Waals surface area (Å²) in [7, 11) is 0. The smallest absolute Gasteiger partial charge is 0.311 e. The van der Waals surface area contributed by atoms with Gasteiger partial charge < -0.3 is 10.4 Å². The maximum Gasteiger partial charge on any atom is 0.311 e. The molecule has 0 radical (unpaired) electrons. The first kappa shape index (κ1) is 14.4. The predicted octanol–water partition coefficient (Wildman–Crippen LogP) is 2.72. The van der Waals surface area contributed by atoms with E-state index in [0.717, 1.165) is 32.1 Å². The number of carboxylic acid groups (broad SMARTS) is 1. The summed E-state index contributed by atoms with van der Waals surface area (Å²) >= 11 is 0. The molecule has 4 heteroatoms.